The summed E-state index contributed by atoms with van der Waals surface area (Å²) in [6.45, 7) is 1.82. The summed E-state index contributed by atoms with van der Waals surface area (Å²) < 4.78 is 38.2. The molecule has 0 N–H and O–H groups in total. The van der Waals surface area contributed by atoms with Crippen molar-refractivity contribution in [1.82, 2.24) is 4.90 Å². The fraction of sp³-hybridized carbons (Fsp3) is 0.350. The smallest absolute Gasteiger partial charge is 0.244 e. The van der Waals surface area contributed by atoms with Gasteiger partial charge < -0.3 is 14.4 Å². The molecule has 1 fully saturated rings. The van der Waals surface area contributed by atoms with Gasteiger partial charge in [0.15, 0.2) is 20.8 Å². The van der Waals surface area contributed by atoms with Crippen molar-refractivity contribution in [1.29, 1.82) is 0 Å². The van der Waals surface area contributed by atoms with Gasteiger partial charge in [0.05, 0.1) is 12.0 Å². The summed E-state index contributed by atoms with van der Waals surface area (Å²) in [7, 11) is -0.725. The average Bonchev–Trinajstić information content (AvgIpc) is 2.66. The van der Waals surface area contributed by atoms with Crippen molar-refractivity contribution in [2.45, 2.75) is 35.1 Å². The molecule has 6 nitrogen and oxygen atoms in total. The zero-order valence-corrected chi connectivity index (χ0v) is 16.2. The maximum atomic E-state index is 13.4. The van der Waals surface area contributed by atoms with Crippen molar-refractivity contribution < 1.29 is 22.7 Å². The van der Waals surface area contributed by atoms with Gasteiger partial charge in [0.25, 0.3) is 0 Å². The van der Waals surface area contributed by atoms with Gasteiger partial charge in [0, 0.05) is 24.9 Å². The van der Waals surface area contributed by atoms with Crippen LogP contribution in [0.25, 0.3) is 0 Å². The molecule has 4 rings (SSSR count). The highest BCUT2D eigenvalue weighted by molar-refractivity contribution is 7.92. The summed E-state index contributed by atoms with van der Waals surface area (Å²) in [6.07, 6.45) is 0.395. The highest BCUT2D eigenvalue weighted by Gasteiger charge is 2.57. The topological polar surface area (TPSA) is 72.9 Å². The van der Waals surface area contributed by atoms with Crippen LogP contribution in [0.15, 0.2) is 53.4 Å². The Morgan fingerprint density at radius 3 is 2.56 bits per heavy atom. The second-order valence-corrected chi connectivity index (χ2v) is 9.24. The van der Waals surface area contributed by atoms with Crippen LogP contribution in [0.3, 0.4) is 0 Å². The van der Waals surface area contributed by atoms with E-state index in [-0.39, 0.29) is 4.90 Å². The van der Waals surface area contributed by atoms with Gasteiger partial charge in [-0.2, -0.15) is 0 Å². The molecule has 0 unspecified atom stereocenters. The summed E-state index contributed by atoms with van der Waals surface area (Å²) in [4.78, 5) is 14.7. The predicted octanol–water partition coefficient (Wildman–Crippen LogP) is 2.59. The van der Waals surface area contributed by atoms with Gasteiger partial charge in [-0.1, -0.05) is 18.2 Å². The number of carbonyl (C=O) groups excluding carboxylic acids is 1. The number of amides is 1. The second-order valence-electron chi connectivity index (χ2n) is 7.17. The van der Waals surface area contributed by atoms with Crippen LogP contribution in [0.1, 0.15) is 24.8 Å². The number of methoxy groups -OCH3 is 1. The predicted molar refractivity (Wildman–Crippen MR) is 99.6 cm³/mol. The monoisotopic (exact) mass is 387 g/mol. The first-order valence-corrected chi connectivity index (χ1v) is 10.3. The van der Waals surface area contributed by atoms with Crippen LogP contribution in [0, 0.1) is 0 Å². The van der Waals surface area contributed by atoms with E-state index in [1.807, 2.05) is 6.92 Å². The SMILES string of the molecule is COc1ccc2c(c1)[C@H]1C[C@@](C)(O2)N(C)C(=O)[C@H]1S(=O)(=O)c1ccccc1. The van der Waals surface area contributed by atoms with Crippen LogP contribution in [0.2, 0.25) is 0 Å². The molecule has 0 aromatic heterocycles. The van der Waals surface area contributed by atoms with Gasteiger partial charge in [0.2, 0.25) is 5.91 Å². The molecule has 1 amide bonds. The van der Waals surface area contributed by atoms with Crippen LogP contribution in [-0.2, 0) is 14.6 Å². The molecule has 0 spiro atoms. The van der Waals surface area contributed by atoms with Crippen LogP contribution in [0.4, 0.5) is 0 Å². The number of hydrogen-bond donors (Lipinski definition) is 0. The van der Waals surface area contributed by atoms with Crippen molar-refractivity contribution in [2.24, 2.45) is 0 Å². The summed E-state index contributed by atoms with van der Waals surface area (Å²) in [5, 5.41) is -1.20. The van der Waals surface area contributed by atoms with Gasteiger partial charge in [-0.05, 0) is 37.3 Å². The number of rotatable bonds is 3. The Morgan fingerprint density at radius 1 is 1.19 bits per heavy atom. The van der Waals surface area contributed by atoms with Gasteiger partial charge in [-0.15, -0.1) is 0 Å². The lowest BCUT2D eigenvalue weighted by Gasteiger charge is -2.51. The minimum absolute atomic E-state index is 0.149. The van der Waals surface area contributed by atoms with E-state index >= 15 is 0 Å². The van der Waals surface area contributed by atoms with Gasteiger partial charge in [-0.3, -0.25) is 4.79 Å². The van der Waals surface area contributed by atoms with E-state index in [0.717, 1.165) is 0 Å². The number of sulfone groups is 1. The fourth-order valence-electron chi connectivity index (χ4n) is 4.01. The quantitative estimate of drug-likeness (QED) is 0.809. The number of ether oxygens (including phenoxy) is 2. The molecule has 0 saturated carbocycles. The van der Waals surface area contributed by atoms with Crippen LogP contribution < -0.4 is 9.47 Å². The Morgan fingerprint density at radius 2 is 1.89 bits per heavy atom. The standard InChI is InChI=1S/C20H21NO5S/c1-20-12-16(15-11-13(25-3)9-10-17(15)26-20)18(19(22)21(20)2)27(23,24)14-7-5-4-6-8-14/h4-11,16,18H,12H2,1-3H3/t16-,18+,20-/m1/s1. The number of benzene rings is 2. The minimum Gasteiger partial charge on any atom is -0.497 e. The van der Waals surface area contributed by atoms with E-state index in [0.29, 0.717) is 23.5 Å². The summed E-state index contributed by atoms with van der Waals surface area (Å²) >= 11 is 0. The fourth-order valence-corrected chi connectivity index (χ4v) is 5.94. The third-order valence-electron chi connectivity index (χ3n) is 5.60. The molecule has 3 atom stereocenters. The number of hydrogen-bond acceptors (Lipinski definition) is 5. The lowest BCUT2D eigenvalue weighted by molar-refractivity contribution is -0.159. The summed E-state index contributed by atoms with van der Waals surface area (Å²) in [5.74, 6) is 0.221. The summed E-state index contributed by atoms with van der Waals surface area (Å²) in [5.41, 5.74) is -0.191. The van der Waals surface area contributed by atoms with E-state index in [9.17, 15) is 13.2 Å². The zero-order chi connectivity index (χ0) is 19.4. The molecule has 27 heavy (non-hydrogen) atoms. The molecule has 1 saturated heterocycles. The van der Waals surface area contributed by atoms with Crippen LogP contribution in [-0.4, -0.2) is 44.4 Å². The molecule has 2 aromatic rings. The number of nitrogens with zero attached hydrogens (tertiary/aromatic N) is 1. The van der Waals surface area contributed by atoms with E-state index < -0.39 is 32.6 Å². The maximum Gasteiger partial charge on any atom is 0.244 e. The van der Waals surface area contributed by atoms with Crippen molar-refractivity contribution in [3.05, 3.63) is 54.1 Å². The maximum absolute atomic E-state index is 13.4. The number of likely N-dealkylation sites (tertiary alicyclic amines) is 1. The molecular weight excluding hydrogens is 366 g/mol. The van der Waals surface area contributed by atoms with Gasteiger partial charge >= 0.3 is 0 Å². The van der Waals surface area contributed by atoms with Crippen molar-refractivity contribution in [2.75, 3.05) is 14.2 Å². The van der Waals surface area contributed by atoms with Crippen molar-refractivity contribution in [3.63, 3.8) is 0 Å². The first-order valence-electron chi connectivity index (χ1n) is 8.71. The Hall–Kier alpha value is -2.54. The Labute approximate surface area is 158 Å². The first kappa shape index (κ1) is 17.9. The molecule has 142 valence electrons. The number of carbonyl (C=O) groups is 1. The van der Waals surface area contributed by atoms with Gasteiger partial charge in [-0.25, -0.2) is 8.42 Å². The lowest BCUT2D eigenvalue weighted by Crippen LogP contribution is -2.64. The molecule has 2 aromatic carbocycles. The van der Waals surface area contributed by atoms with E-state index in [4.69, 9.17) is 9.47 Å². The highest BCUT2D eigenvalue weighted by atomic mass is 32.2. The molecule has 2 aliphatic heterocycles. The second kappa shape index (κ2) is 5.99. The molecule has 0 aliphatic carbocycles. The molecule has 2 aliphatic rings. The van der Waals surface area contributed by atoms with Crippen LogP contribution >= 0.6 is 0 Å². The number of piperidine rings is 1. The third kappa shape index (κ3) is 2.60. The Bertz CT molecular complexity index is 1000. The molecule has 0 radical (unpaired) electrons. The molecule has 7 heteroatoms. The molecule has 2 heterocycles. The first-order chi connectivity index (χ1) is 12.8. The van der Waals surface area contributed by atoms with E-state index in [2.05, 4.69) is 0 Å². The normalized spacial score (nSPS) is 26.9. The van der Waals surface area contributed by atoms with E-state index in [1.165, 1.54) is 17.0 Å². The Kier molecular flexibility index (Phi) is 3.96. The van der Waals surface area contributed by atoms with Crippen molar-refractivity contribution >= 4 is 15.7 Å². The molecule has 2 bridgehead atoms. The molecular formula is C20H21NO5S. The third-order valence-corrected chi connectivity index (χ3v) is 7.73. The number of fused-ring (bicyclic) bond motifs is 4. The minimum atomic E-state index is -3.87. The highest BCUT2D eigenvalue weighted by Crippen LogP contribution is 2.50. The Balaban J connectivity index is 1.91. The largest absolute Gasteiger partial charge is 0.497 e. The van der Waals surface area contributed by atoms with E-state index in [1.54, 1.807) is 50.6 Å². The van der Waals surface area contributed by atoms with Gasteiger partial charge in [0.1, 0.15) is 11.5 Å². The van der Waals surface area contributed by atoms with Crippen molar-refractivity contribution in [3.8, 4) is 11.5 Å². The average molecular weight is 387 g/mol. The summed E-state index contributed by atoms with van der Waals surface area (Å²) in [6, 6.07) is 13.4. The van der Waals surface area contributed by atoms with Crippen LogP contribution in [0.5, 0.6) is 11.5 Å². The lowest BCUT2D eigenvalue weighted by atomic mass is 9.80. The zero-order valence-electron chi connectivity index (χ0n) is 15.4.